The summed E-state index contributed by atoms with van der Waals surface area (Å²) >= 11 is 1.07. The number of aromatic amines is 1. The van der Waals surface area contributed by atoms with Crippen LogP contribution in [-0.4, -0.2) is 27.6 Å². The van der Waals surface area contributed by atoms with Gasteiger partial charge in [0.25, 0.3) is 10.0 Å². The Kier molecular flexibility index (Phi) is 4.20. The van der Waals surface area contributed by atoms with Gasteiger partial charge < -0.3 is 14.5 Å². The van der Waals surface area contributed by atoms with Gasteiger partial charge in [0.1, 0.15) is 0 Å². The van der Waals surface area contributed by atoms with E-state index in [1.54, 1.807) is 18.2 Å². The number of fused-ring (bicyclic) bond motifs is 1. The highest BCUT2D eigenvalue weighted by Gasteiger charge is 2.17. The van der Waals surface area contributed by atoms with Crippen molar-refractivity contribution >= 4 is 37.3 Å². The van der Waals surface area contributed by atoms with Crippen LogP contribution in [0.3, 0.4) is 0 Å². The molecule has 3 aromatic rings. The first-order valence-electron chi connectivity index (χ1n) is 6.80. The summed E-state index contributed by atoms with van der Waals surface area (Å²) in [7, 11) is -0.901. The zero-order valence-electron chi connectivity index (χ0n) is 12.8. The maximum atomic E-state index is 12.5. The summed E-state index contributed by atoms with van der Waals surface area (Å²) in [6.07, 6.45) is 0. The lowest BCUT2D eigenvalue weighted by Crippen LogP contribution is -2.13. The molecule has 24 heavy (non-hydrogen) atoms. The third kappa shape index (κ3) is 3.08. The third-order valence-corrected chi connectivity index (χ3v) is 5.58. The molecule has 3 rings (SSSR count). The van der Waals surface area contributed by atoms with E-state index in [1.807, 2.05) is 0 Å². The van der Waals surface area contributed by atoms with Crippen LogP contribution in [0.25, 0.3) is 10.2 Å². The van der Waals surface area contributed by atoms with Crippen molar-refractivity contribution in [1.82, 2.24) is 4.98 Å². The smallest absolute Gasteiger partial charge is 0.305 e. The normalized spacial score (nSPS) is 11.4. The Morgan fingerprint density at radius 3 is 2.50 bits per heavy atom. The molecule has 0 spiro atoms. The fourth-order valence-corrected chi connectivity index (χ4v) is 3.99. The number of nitrogens with one attached hydrogen (secondary N) is 2. The first-order valence-corrected chi connectivity index (χ1v) is 9.10. The second kappa shape index (κ2) is 6.17. The molecule has 9 heteroatoms. The van der Waals surface area contributed by atoms with E-state index in [0.29, 0.717) is 22.7 Å². The fraction of sp³-hybridized carbons (Fsp3) is 0.133. The number of hydrogen-bond acceptors (Lipinski definition) is 6. The number of rotatable bonds is 5. The van der Waals surface area contributed by atoms with Crippen molar-refractivity contribution in [2.75, 3.05) is 18.9 Å². The van der Waals surface area contributed by atoms with Crippen molar-refractivity contribution in [3.05, 3.63) is 46.1 Å². The quantitative estimate of drug-likeness (QED) is 0.723. The third-order valence-electron chi connectivity index (χ3n) is 3.34. The maximum Gasteiger partial charge on any atom is 0.305 e. The number of sulfonamides is 1. The first kappa shape index (κ1) is 16.3. The molecular weight excluding hydrogens is 352 g/mol. The van der Waals surface area contributed by atoms with Gasteiger partial charge in [-0.25, -0.2) is 8.42 Å². The van der Waals surface area contributed by atoms with Crippen molar-refractivity contribution < 1.29 is 17.9 Å². The van der Waals surface area contributed by atoms with E-state index >= 15 is 0 Å². The highest BCUT2D eigenvalue weighted by atomic mass is 32.2. The van der Waals surface area contributed by atoms with Gasteiger partial charge in [0, 0.05) is 6.07 Å². The Hall–Kier alpha value is -2.52. The Balaban J connectivity index is 1.96. The van der Waals surface area contributed by atoms with Gasteiger partial charge in [0.15, 0.2) is 11.5 Å². The summed E-state index contributed by atoms with van der Waals surface area (Å²) in [5, 5.41) is 0. The van der Waals surface area contributed by atoms with Crippen LogP contribution >= 0.6 is 11.3 Å². The predicted octanol–water partition coefficient (Wildman–Crippen LogP) is 2.41. The molecule has 0 radical (unpaired) electrons. The molecule has 0 unspecified atom stereocenters. The lowest BCUT2D eigenvalue weighted by Gasteiger charge is -2.11. The minimum atomic E-state index is -3.81. The summed E-state index contributed by atoms with van der Waals surface area (Å²) in [5.41, 5.74) is 0.934. The first-order chi connectivity index (χ1) is 11.4. The summed E-state index contributed by atoms with van der Waals surface area (Å²) in [4.78, 5) is 13.8. The van der Waals surface area contributed by atoms with Gasteiger partial charge in [-0.3, -0.25) is 9.52 Å². The Labute approximate surface area is 141 Å². The molecule has 2 N–H and O–H groups in total. The topological polar surface area (TPSA) is 97.5 Å². The van der Waals surface area contributed by atoms with Gasteiger partial charge in [-0.15, -0.1) is 0 Å². The Bertz CT molecular complexity index is 1050. The molecule has 0 saturated heterocycles. The van der Waals surface area contributed by atoms with Crippen LogP contribution in [0.2, 0.25) is 0 Å². The Morgan fingerprint density at radius 1 is 1.04 bits per heavy atom. The molecule has 0 bridgehead atoms. The number of anilines is 1. The standard InChI is InChI=1S/C15H14N2O5S2/c1-21-12-5-4-10(8-13(12)22-2)24(19,20)17-9-3-6-14-11(7-9)16-15(18)23-14/h3-8,17H,1-2H3,(H,16,18). The molecule has 0 aliphatic rings. The van der Waals surface area contributed by atoms with Crippen LogP contribution in [0, 0.1) is 0 Å². The molecule has 1 heterocycles. The predicted molar refractivity (Wildman–Crippen MR) is 92.8 cm³/mol. The van der Waals surface area contributed by atoms with E-state index in [1.165, 1.54) is 32.4 Å². The van der Waals surface area contributed by atoms with E-state index in [-0.39, 0.29) is 9.77 Å². The molecule has 7 nitrogen and oxygen atoms in total. The molecule has 0 aliphatic carbocycles. The van der Waals surface area contributed by atoms with Gasteiger partial charge >= 0.3 is 4.87 Å². The lowest BCUT2D eigenvalue weighted by atomic mass is 10.3. The van der Waals surface area contributed by atoms with Crippen molar-refractivity contribution in [2.24, 2.45) is 0 Å². The number of hydrogen-bond donors (Lipinski definition) is 2. The number of aromatic nitrogens is 1. The van der Waals surface area contributed by atoms with Crippen LogP contribution in [0.1, 0.15) is 0 Å². The SMILES string of the molecule is COc1ccc(S(=O)(=O)Nc2ccc3sc(=O)[nH]c3c2)cc1OC. The average Bonchev–Trinajstić information content (AvgIpc) is 2.93. The maximum absolute atomic E-state index is 12.5. The molecule has 0 atom stereocenters. The van der Waals surface area contributed by atoms with Gasteiger partial charge in [-0.2, -0.15) is 0 Å². The molecule has 2 aromatic carbocycles. The number of ether oxygens (including phenoxy) is 2. The zero-order valence-corrected chi connectivity index (χ0v) is 14.5. The monoisotopic (exact) mass is 366 g/mol. The van der Waals surface area contributed by atoms with Crippen LogP contribution in [0.5, 0.6) is 11.5 Å². The molecule has 0 aliphatic heterocycles. The summed E-state index contributed by atoms with van der Waals surface area (Å²) in [6, 6.07) is 9.19. The van der Waals surface area contributed by atoms with Crippen LogP contribution in [0.15, 0.2) is 46.1 Å². The Morgan fingerprint density at radius 2 is 1.79 bits per heavy atom. The van der Waals surface area contributed by atoms with E-state index in [4.69, 9.17) is 9.47 Å². The van der Waals surface area contributed by atoms with Crippen molar-refractivity contribution in [1.29, 1.82) is 0 Å². The van der Waals surface area contributed by atoms with E-state index < -0.39 is 10.0 Å². The number of thiazole rings is 1. The zero-order chi connectivity index (χ0) is 17.3. The van der Waals surface area contributed by atoms with Gasteiger partial charge in [-0.05, 0) is 30.3 Å². The number of H-pyrrole nitrogens is 1. The van der Waals surface area contributed by atoms with E-state index in [0.717, 1.165) is 16.0 Å². The second-order valence-electron chi connectivity index (χ2n) is 4.85. The summed E-state index contributed by atoms with van der Waals surface area (Å²) in [5.74, 6) is 0.756. The lowest BCUT2D eigenvalue weighted by molar-refractivity contribution is 0.354. The van der Waals surface area contributed by atoms with Crippen LogP contribution in [-0.2, 0) is 10.0 Å². The highest BCUT2D eigenvalue weighted by molar-refractivity contribution is 7.92. The minimum absolute atomic E-state index is 0.0408. The molecule has 126 valence electrons. The molecular formula is C15H14N2O5S2. The van der Waals surface area contributed by atoms with Crippen molar-refractivity contribution in [3.8, 4) is 11.5 Å². The van der Waals surface area contributed by atoms with Crippen LogP contribution < -0.4 is 19.1 Å². The number of methoxy groups -OCH3 is 2. The summed E-state index contributed by atoms with van der Waals surface area (Å²) in [6.45, 7) is 0. The van der Waals surface area contributed by atoms with Crippen molar-refractivity contribution in [3.63, 3.8) is 0 Å². The molecule has 1 aromatic heterocycles. The van der Waals surface area contributed by atoms with E-state index in [9.17, 15) is 13.2 Å². The fourth-order valence-electron chi connectivity index (χ4n) is 2.21. The summed E-state index contributed by atoms with van der Waals surface area (Å²) < 4.78 is 38.5. The van der Waals surface area contributed by atoms with Gasteiger partial charge in [0.05, 0.1) is 35.0 Å². The number of benzene rings is 2. The van der Waals surface area contributed by atoms with E-state index in [2.05, 4.69) is 9.71 Å². The average molecular weight is 366 g/mol. The van der Waals surface area contributed by atoms with Crippen molar-refractivity contribution in [2.45, 2.75) is 4.90 Å². The second-order valence-corrected chi connectivity index (χ2v) is 7.54. The highest BCUT2D eigenvalue weighted by Crippen LogP contribution is 2.30. The molecule has 0 fully saturated rings. The van der Waals surface area contributed by atoms with Gasteiger partial charge in [-0.1, -0.05) is 11.3 Å². The molecule has 0 amide bonds. The van der Waals surface area contributed by atoms with Gasteiger partial charge in [0.2, 0.25) is 0 Å². The van der Waals surface area contributed by atoms with Crippen LogP contribution in [0.4, 0.5) is 5.69 Å². The minimum Gasteiger partial charge on any atom is -0.493 e. The molecule has 0 saturated carbocycles. The largest absolute Gasteiger partial charge is 0.493 e.